The second-order valence-electron chi connectivity index (χ2n) is 2.54. The molecular formula is C6H9F6N2P. The van der Waals surface area contributed by atoms with Gasteiger partial charge in [-0.1, -0.05) is 4.98 Å². The maximum atomic E-state index is 9.87. The molecule has 0 aliphatic heterocycles. The number of aryl methyl sites for hydroxylation is 1. The first-order chi connectivity index (χ1) is 6.38. The molecule has 0 aromatic carbocycles. The molecular weight excluding hydrogens is 245 g/mol. The molecule has 0 atom stereocenters. The molecule has 1 heterocycles. The van der Waals surface area contributed by atoms with E-state index in [4.69, 9.17) is 0 Å². The first kappa shape index (κ1) is 14.1. The number of aromatic nitrogens is 2. The number of rotatable bonds is 1. The zero-order valence-corrected chi connectivity index (χ0v) is 8.52. The van der Waals surface area contributed by atoms with Gasteiger partial charge >= 0.3 is 33.0 Å². The van der Waals surface area contributed by atoms with Gasteiger partial charge in [-0.3, -0.25) is 0 Å². The molecule has 15 heavy (non-hydrogen) atoms. The quantitative estimate of drug-likeness (QED) is 0.423. The van der Waals surface area contributed by atoms with Crippen molar-refractivity contribution in [2.75, 3.05) is 0 Å². The summed E-state index contributed by atoms with van der Waals surface area (Å²) >= 11 is 0. The number of hydrogen-bond donors (Lipinski definition) is 0. The molecule has 0 radical (unpaired) electrons. The molecule has 0 spiro atoms. The van der Waals surface area contributed by atoms with E-state index < -0.39 is 7.81 Å². The Balaban J connectivity index is 0.000000265. The Labute approximate surface area is 81.8 Å². The van der Waals surface area contributed by atoms with Crippen LogP contribution in [0.3, 0.4) is 0 Å². The van der Waals surface area contributed by atoms with Gasteiger partial charge in [0.15, 0.2) is 0 Å². The van der Waals surface area contributed by atoms with Gasteiger partial charge in [0.1, 0.15) is 6.20 Å². The van der Waals surface area contributed by atoms with Crippen molar-refractivity contribution in [1.29, 1.82) is 0 Å². The summed E-state index contributed by atoms with van der Waals surface area (Å²) in [7, 11) is -10.7. The molecule has 1 aromatic rings. The summed E-state index contributed by atoms with van der Waals surface area (Å²) in [5, 5.41) is 0. The van der Waals surface area contributed by atoms with Crippen LogP contribution in [0.2, 0.25) is 0 Å². The van der Waals surface area contributed by atoms with Crippen LogP contribution < -0.4 is 4.57 Å². The van der Waals surface area contributed by atoms with E-state index in [1.54, 1.807) is 12.5 Å². The fraction of sp³-hybridized carbons (Fsp3) is 0.333. The Hall–Kier alpha value is -0.910. The third-order valence-corrected chi connectivity index (χ3v) is 1.03. The molecule has 0 unspecified atom stereocenters. The fourth-order valence-electron chi connectivity index (χ4n) is 0.548. The Morgan fingerprint density at radius 2 is 1.60 bits per heavy atom. The van der Waals surface area contributed by atoms with Gasteiger partial charge in [0.05, 0.1) is 12.7 Å². The van der Waals surface area contributed by atoms with E-state index in [0.29, 0.717) is 0 Å². The molecule has 0 N–H and O–H groups in total. The van der Waals surface area contributed by atoms with Crippen LogP contribution in [0.4, 0.5) is 25.2 Å². The Morgan fingerprint density at radius 3 is 1.80 bits per heavy atom. The molecule has 1 rings (SSSR count). The maximum absolute atomic E-state index is 10.7. The summed E-state index contributed by atoms with van der Waals surface area (Å²) in [5.74, 6) is 0. The van der Waals surface area contributed by atoms with Crippen molar-refractivity contribution in [2.45, 2.75) is 13.5 Å². The van der Waals surface area contributed by atoms with Crippen LogP contribution in [0, 0.1) is 0 Å². The predicted octanol–water partition coefficient (Wildman–Crippen LogP) is 3.77. The topological polar surface area (TPSA) is 16.8 Å². The Bertz CT molecular complexity index is 294. The molecule has 90 valence electrons. The second-order valence-corrected chi connectivity index (χ2v) is 4.46. The van der Waals surface area contributed by atoms with Crippen LogP contribution in [0.25, 0.3) is 0 Å². The summed E-state index contributed by atoms with van der Waals surface area (Å²) in [6.45, 7) is 3.08. The molecule has 0 saturated carbocycles. The average Bonchev–Trinajstić information content (AvgIpc) is 2.00. The number of nitrogens with zero attached hydrogens (tertiary/aromatic N) is 2. The third-order valence-electron chi connectivity index (χ3n) is 1.03. The number of halogens is 6. The van der Waals surface area contributed by atoms with E-state index in [0.717, 1.165) is 6.54 Å². The van der Waals surface area contributed by atoms with Crippen LogP contribution in [-0.2, 0) is 6.54 Å². The molecule has 0 aliphatic rings. The molecule has 0 amide bonds. The van der Waals surface area contributed by atoms with Crippen molar-refractivity contribution >= 4 is 7.81 Å². The predicted molar refractivity (Wildman–Crippen MR) is 43.7 cm³/mol. The molecule has 2 nitrogen and oxygen atoms in total. The van der Waals surface area contributed by atoms with Crippen molar-refractivity contribution < 1.29 is 29.7 Å². The minimum atomic E-state index is -10.7. The first-order valence-electron chi connectivity index (χ1n) is 3.74. The van der Waals surface area contributed by atoms with Crippen molar-refractivity contribution in [2.24, 2.45) is 0 Å². The molecule has 1 aromatic heterocycles. The molecule has 0 bridgehead atoms. The molecule has 0 saturated heterocycles. The average molecular weight is 254 g/mol. The van der Waals surface area contributed by atoms with E-state index >= 15 is 0 Å². The zero-order chi connectivity index (χ0) is 12.2. The van der Waals surface area contributed by atoms with E-state index in [9.17, 15) is 25.2 Å². The Kier molecular flexibility index (Phi) is 3.37. The summed E-state index contributed by atoms with van der Waals surface area (Å²) in [6, 6.07) is 1.92. The van der Waals surface area contributed by atoms with Gasteiger partial charge in [-0.05, 0) is 6.92 Å². The summed E-state index contributed by atoms with van der Waals surface area (Å²) < 4.78 is 61.2. The van der Waals surface area contributed by atoms with Crippen molar-refractivity contribution in [3.63, 3.8) is 0 Å². The molecule has 0 aliphatic carbocycles. The van der Waals surface area contributed by atoms with E-state index in [1.807, 2.05) is 16.8 Å². The van der Waals surface area contributed by atoms with E-state index in [2.05, 4.69) is 11.9 Å². The second kappa shape index (κ2) is 3.59. The van der Waals surface area contributed by atoms with Crippen LogP contribution in [0.1, 0.15) is 6.92 Å². The van der Waals surface area contributed by atoms with Crippen molar-refractivity contribution in [3.05, 3.63) is 24.8 Å². The SMILES string of the molecule is CC[n+]1cccnc1.F[P-](F)(F)(F)(F)F. The van der Waals surface area contributed by atoms with Gasteiger partial charge < -0.3 is 0 Å². The standard InChI is InChI=1S/C6H9N2.F6P/c1-2-8-5-3-4-7-6-8;1-7(2,3,4,5)6/h3-6H,2H2,1H3;/q+1;-1. The molecule has 9 heteroatoms. The van der Waals surface area contributed by atoms with Crippen LogP contribution in [0.15, 0.2) is 24.8 Å². The Morgan fingerprint density at radius 1 is 1.13 bits per heavy atom. The van der Waals surface area contributed by atoms with Crippen molar-refractivity contribution in [3.8, 4) is 0 Å². The van der Waals surface area contributed by atoms with Crippen LogP contribution in [0.5, 0.6) is 0 Å². The summed E-state index contributed by atoms with van der Waals surface area (Å²) in [6.07, 6.45) is 5.57. The normalized spacial score (nSPS) is 15.7. The number of hydrogen-bond acceptors (Lipinski definition) is 1. The minimum absolute atomic E-state index is 0.994. The summed E-state index contributed by atoms with van der Waals surface area (Å²) in [4.78, 5) is 3.92. The summed E-state index contributed by atoms with van der Waals surface area (Å²) in [5.41, 5.74) is 0. The monoisotopic (exact) mass is 254 g/mol. The van der Waals surface area contributed by atoms with Gasteiger partial charge in [0.25, 0.3) is 6.33 Å². The van der Waals surface area contributed by atoms with Gasteiger partial charge in [-0.2, -0.15) is 0 Å². The van der Waals surface area contributed by atoms with E-state index in [-0.39, 0.29) is 0 Å². The van der Waals surface area contributed by atoms with Crippen LogP contribution >= 0.6 is 7.81 Å². The fourth-order valence-corrected chi connectivity index (χ4v) is 0.548. The van der Waals surface area contributed by atoms with Gasteiger partial charge in [-0.25, -0.2) is 4.57 Å². The molecule has 0 fully saturated rings. The van der Waals surface area contributed by atoms with Gasteiger partial charge in [0, 0.05) is 6.07 Å². The van der Waals surface area contributed by atoms with Gasteiger partial charge in [-0.15, -0.1) is 0 Å². The van der Waals surface area contributed by atoms with Gasteiger partial charge in [0.2, 0.25) is 0 Å². The van der Waals surface area contributed by atoms with E-state index in [1.165, 1.54) is 0 Å². The van der Waals surface area contributed by atoms with Crippen molar-refractivity contribution in [1.82, 2.24) is 4.98 Å². The van der Waals surface area contributed by atoms with Crippen LogP contribution in [-0.4, -0.2) is 4.98 Å². The third kappa shape index (κ3) is 19.5. The first-order valence-corrected chi connectivity index (χ1v) is 5.77. The zero-order valence-electron chi connectivity index (χ0n) is 7.63.